The van der Waals surface area contributed by atoms with Gasteiger partial charge in [0.15, 0.2) is 0 Å². The molecule has 1 N–H and O–H groups in total. The summed E-state index contributed by atoms with van der Waals surface area (Å²) >= 11 is 1.40. The van der Waals surface area contributed by atoms with Gasteiger partial charge in [0.05, 0.1) is 18.7 Å². The van der Waals surface area contributed by atoms with Gasteiger partial charge in [0, 0.05) is 11.9 Å². The Kier molecular flexibility index (Phi) is 5.65. The van der Waals surface area contributed by atoms with Crippen molar-refractivity contribution in [1.82, 2.24) is 10.3 Å². The SMILES string of the molecule is C=CCCOCCNC(=O)c1cscn1. The van der Waals surface area contributed by atoms with E-state index in [0.717, 1.165) is 6.42 Å². The fraction of sp³-hybridized carbons (Fsp3) is 0.400. The molecule has 0 aliphatic rings. The zero-order chi connectivity index (χ0) is 10.9. The van der Waals surface area contributed by atoms with Gasteiger partial charge in [-0.15, -0.1) is 17.9 Å². The number of nitrogens with zero attached hydrogens (tertiary/aromatic N) is 1. The summed E-state index contributed by atoms with van der Waals surface area (Å²) in [4.78, 5) is 15.3. The van der Waals surface area contributed by atoms with Crippen molar-refractivity contribution in [1.29, 1.82) is 0 Å². The first-order valence-electron chi connectivity index (χ1n) is 4.69. The molecule has 5 heteroatoms. The summed E-state index contributed by atoms with van der Waals surface area (Å²) < 4.78 is 5.24. The molecule has 0 saturated heterocycles. The molecule has 1 rings (SSSR count). The first-order chi connectivity index (χ1) is 7.34. The number of amides is 1. The topological polar surface area (TPSA) is 51.2 Å². The predicted molar refractivity (Wildman–Crippen MR) is 60.1 cm³/mol. The van der Waals surface area contributed by atoms with Crippen LogP contribution >= 0.6 is 11.3 Å². The van der Waals surface area contributed by atoms with Crippen LogP contribution in [0.5, 0.6) is 0 Å². The highest BCUT2D eigenvalue weighted by atomic mass is 32.1. The number of carbonyl (C=O) groups is 1. The molecule has 4 nitrogen and oxygen atoms in total. The molecular weight excluding hydrogens is 212 g/mol. The van der Waals surface area contributed by atoms with Crippen LogP contribution in [0.25, 0.3) is 0 Å². The third kappa shape index (κ3) is 4.71. The summed E-state index contributed by atoms with van der Waals surface area (Å²) in [6.45, 7) is 5.26. The third-order valence-corrected chi connectivity index (χ3v) is 2.25. The Morgan fingerprint density at radius 3 is 3.20 bits per heavy atom. The quantitative estimate of drug-likeness (QED) is 0.565. The van der Waals surface area contributed by atoms with Crippen molar-refractivity contribution in [2.75, 3.05) is 19.8 Å². The smallest absolute Gasteiger partial charge is 0.270 e. The Morgan fingerprint density at radius 1 is 1.67 bits per heavy atom. The van der Waals surface area contributed by atoms with Crippen molar-refractivity contribution in [3.8, 4) is 0 Å². The van der Waals surface area contributed by atoms with Crippen LogP contribution in [0.1, 0.15) is 16.9 Å². The van der Waals surface area contributed by atoms with Crippen LogP contribution in [0.3, 0.4) is 0 Å². The minimum absolute atomic E-state index is 0.149. The van der Waals surface area contributed by atoms with Crippen LogP contribution in [-0.4, -0.2) is 30.6 Å². The normalized spacial score (nSPS) is 9.87. The van der Waals surface area contributed by atoms with Crippen LogP contribution in [0, 0.1) is 0 Å². The van der Waals surface area contributed by atoms with Gasteiger partial charge in [-0.1, -0.05) is 6.08 Å². The molecule has 1 amide bonds. The van der Waals surface area contributed by atoms with Gasteiger partial charge < -0.3 is 10.1 Å². The van der Waals surface area contributed by atoms with E-state index in [4.69, 9.17) is 4.74 Å². The second kappa shape index (κ2) is 7.14. The van der Waals surface area contributed by atoms with Crippen LogP contribution in [0.15, 0.2) is 23.5 Å². The molecule has 0 unspecified atom stereocenters. The average molecular weight is 226 g/mol. The van der Waals surface area contributed by atoms with Crippen molar-refractivity contribution < 1.29 is 9.53 Å². The molecule has 0 saturated carbocycles. The molecule has 0 aromatic carbocycles. The van der Waals surface area contributed by atoms with Gasteiger partial charge in [0.2, 0.25) is 0 Å². The maximum atomic E-state index is 11.4. The largest absolute Gasteiger partial charge is 0.379 e. The molecule has 82 valence electrons. The first-order valence-corrected chi connectivity index (χ1v) is 5.64. The van der Waals surface area contributed by atoms with Crippen molar-refractivity contribution in [3.05, 3.63) is 29.2 Å². The highest BCUT2D eigenvalue weighted by molar-refractivity contribution is 7.07. The van der Waals surface area contributed by atoms with Crippen molar-refractivity contribution >= 4 is 17.2 Å². The van der Waals surface area contributed by atoms with Crippen LogP contribution in [0.2, 0.25) is 0 Å². The lowest BCUT2D eigenvalue weighted by atomic mass is 10.4. The Morgan fingerprint density at radius 2 is 2.53 bits per heavy atom. The summed E-state index contributed by atoms with van der Waals surface area (Å²) in [6, 6.07) is 0. The van der Waals surface area contributed by atoms with E-state index in [1.54, 1.807) is 17.0 Å². The molecular formula is C10H14N2O2S. The second-order valence-corrected chi connectivity index (χ2v) is 3.54. The van der Waals surface area contributed by atoms with E-state index in [1.807, 2.05) is 0 Å². The number of carbonyl (C=O) groups excluding carboxylic acids is 1. The van der Waals surface area contributed by atoms with Gasteiger partial charge in [-0.25, -0.2) is 4.98 Å². The Bertz CT molecular complexity index is 298. The molecule has 0 spiro atoms. The third-order valence-electron chi connectivity index (χ3n) is 1.66. The van der Waals surface area contributed by atoms with Crippen LogP contribution < -0.4 is 5.32 Å². The molecule has 1 aromatic heterocycles. The van der Waals surface area contributed by atoms with E-state index >= 15 is 0 Å². The number of rotatable bonds is 7. The Labute approximate surface area is 93.0 Å². The number of ether oxygens (including phenoxy) is 1. The number of hydrogen-bond acceptors (Lipinski definition) is 4. The van der Waals surface area contributed by atoms with E-state index in [-0.39, 0.29) is 5.91 Å². The van der Waals surface area contributed by atoms with E-state index in [2.05, 4.69) is 16.9 Å². The Hall–Kier alpha value is -1.20. The minimum atomic E-state index is -0.149. The molecule has 0 bridgehead atoms. The van der Waals surface area contributed by atoms with Crippen LogP contribution in [-0.2, 0) is 4.74 Å². The van der Waals surface area contributed by atoms with Crippen molar-refractivity contribution in [2.45, 2.75) is 6.42 Å². The van der Waals surface area contributed by atoms with E-state index in [9.17, 15) is 4.79 Å². The minimum Gasteiger partial charge on any atom is -0.379 e. The predicted octanol–water partition coefficient (Wildman–Crippen LogP) is 1.47. The fourth-order valence-electron chi connectivity index (χ4n) is 0.921. The van der Waals surface area contributed by atoms with Gasteiger partial charge in [-0.05, 0) is 6.42 Å². The van der Waals surface area contributed by atoms with Gasteiger partial charge in [-0.3, -0.25) is 4.79 Å². The Balaban J connectivity index is 2.05. The van der Waals surface area contributed by atoms with Crippen LogP contribution in [0.4, 0.5) is 0 Å². The lowest BCUT2D eigenvalue weighted by molar-refractivity contribution is 0.0914. The summed E-state index contributed by atoms with van der Waals surface area (Å²) in [5.41, 5.74) is 2.10. The van der Waals surface area contributed by atoms with Gasteiger partial charge in [0.25, 0.3) is 5.91 Å². The summed E-state index contributed by atoms with van der Waals surface area (Å²) in [5, 5.41) is 4.43. The molecule has 0 aliphatic heterocycles. The molecule has 0 aliphatic carbocycles. The number of thiazole rings is 1. The maximum absolute atomic E-state index is 11.4. The van der Waals surface area contributed by atoms with E-state index in [1.165, 1.54) is 11.3 Å². The van der Waals surface area contributed by atoms with E-state index in [0.29, 0.717) is 25.5 Å². The van der Waals surface area contributed by atoms with E-state index < -0.39 is 0 Å². The lowest BCUT2D eigenvalue weighted by Crippen LogP contribution is -2.27. The summed E-state index contributed by atoms with van der Waals surface area (Å²) in [7, 11) is 0. The van der Waals surface area contributed by atoms with Gasteiger partial charge >= 0.3 is 0 Å². The molecule has 0 fully saturated rings. The fourth-order valence-corrected chi connectivity index (χ4v) is 1.45. The zero-order valence-electron chi connectivity index (χ0n) is 8.44. The van der Waals surface area contributed by atoms with Crippen molar-refractivity contribution in [3.63, 3.8) is 0 Å². The number of nitrogens with one attached hydrogen (secondary N) is 1. The number of hydrogen-bond donors (Lipinski definition) is 1. The molecule has 0 atom stereocenters. The lowest BCUT2D eigenvalue weighted by Gasteiger charge is -2.03. The molecule has 15 heavy (non-hydrogen) atoms. The molecule has 0 radical (unpaired) electrons. The second-order valence-electron chi connectivity index (χ2n) is 2.82. The van der Waals surface area contributed by atoms with Gasteiger partial charge in [0.1, 0.15) is 5.69 Å². The average Bonchev–Trinajstić information content (AvgIpc) is 2.76. The highest BCUT2D eigenvalue weighted by Crippen LogP contribution is 1.99. The zero-order valence-corrected chi connectivity index (χ0v) is 9.26. The number of aromatic nitrogens is 1. The molecule has 1 heterocycles. The highest BCUT2D eigenvalue weighted by Gasteiger charge is 2.05. The van der Waals surface area contributed by atoms with Gasteiger partial charge in [-0.2, -0.15) is 0 Å². The summed E-state index contributed by atoms with van der Waals surface area (Å²) in [6.07, 6.45) is 2.63. The standard InChI is InChI=1S/C10H14N2O2S/c1-2-3-5-14-6-4-11-10(13)9-7-15-8-12-9/h2,7-8H,1,3-6H2,(H,11,13). The molecule has 1 aromatic rings. The summed E-state index contributed by atoms with van der Waals surface area (Å²) in [5.74, 6) is -0.149. The monoisotopic (exact) mass is 226 g/mol. The van der Waals surface area contributed by atoms with Crippen molar-refractivity contribution in [2.24, 2.45) is 0 Å². The maximum Gasteiger partial charge on any atom is 0.270 e. The first kappa shape index (κ1) is 11.9.